The summed E-state index contributed by atoms with van der Waals surface area (Å²) >= 11 is 0. The Morgan fingerprint density at radius 2 is 2.07 bits per heavy atom. The number of ether oxygens (including phenoxy) is 2. The number of phenols is 2. The maximum absolute atomic E-state index is 10.9. The van der Waals surface area contributed by atoms with Crippen LogP contribution in [0.25, 0.3) is 11.0 Å². The molecule has 0 aliphatic carbocycles. The van der Waals surface area contributed by atoms with Gasteiger partial charge in [-0.3, -0.25) is 0 Å². The van der Waals surface area contributed by atoms with Gasteiger partial charge in [-0.1, -0.05) is 17.7 Å². The number of hydrogen-bond donors (Lipinski definition) is 2. The Morgan fingerprint density at radius 1 is 1.25 bits per heavy atom. The average Bonchev–Trinajstić information content (AvgIpc) is 3.13. The highest BCUT2D eigenvalue weighted by Crippen LogP contribution is 2.45. The van der Waals surface area contributed by atoms with Crippen molar-refractivity contribution in [3.63, 3.8) is 0 Å². The third kappa shape index (κ3) is 3.07. The van der Waals surface area contributed by atoms with E-state index in [0.717, 1.165) is 39.2 Å². The van der Waals surface area contributed by atoms with Crippen LogP contribution in [-0.4, -0.2) is 23.9 Å². The summed E-state index contributed by atoms with van der Waals surface area (Å²) in [6.07, 6.45) is 4.78. The van der Waals surface area contributed by atoms with Gasteiger partial charge in [-0.15, -0.1) is 0 Å². The molecule has 1 unspecified atom stereocenters. The monoisotopic (exact) mass is 380 g/mol. The van der Waals surface area contributed by atoms with E-state index < -0.39 is 0 Å². The lowest BCUT2D eigenvalue weighted by molar-refractivity contribution is 0.255. The van der Waals surface area contributed by atoms with Gasteiger partial charge >= 0.3 is 0 Å². The third-order valence-electron chi connectivity index (χ3n) is 5.31. The highest BCUT2D eigenvalue weighted by molar-refractivity contribution is 5.88. The van der Waals surface area contributed by atoms with Gasteiger partial charge in [-0.25, -0.2) is 0 Å². The van der Waals surface area contributed by atoms with E-state index in [1.165, 1.54) is 0 Å². The lowest BCUT2D eigenvalue weighted by atomic mass is 9.87. The zero-order valence-electron chi connectivity index (χ0n) is 16.3. The van der Waals surface area contributed by atoms with E-state index in [1.54, 1.807) is 25.5 Å². The quantitative estimate of drug-likeness (QED) is 0.618. The number of benzene rings is 2. The van der Waals surface area contributed by atoms with Gasteiger partial charge in [0.1, 0.15) is 28.6 Å². The second kappa shape index (κ2) is 7.15. The Bertz CT molecular complexity index is 1060. The highest BCUT2D eigenvalue weighted by Gasteiger charge is 2.29. The maximum atomic E-state index is 10.9. The molecule has 0 saturated carbocycles. The smallest absolute Gasteiger partial charge is 0.141 e. The molecule has 1 aliphatic rings. The molecule has 2 heterocycles. The summed E-state index contributed by atoms with van der Waals surface area (Å²) in [5, 5.41) is 22.0. The Hall–Kier alpha value is -3.08. The number of allylic oxidation sites excluding steroid dienone is 2. The number of phenolic OH excluding ortho intramolecular Hbond substituents is 2. The maximum Gasteiger partial charge on any atom is 0.141 e. The van der Waals surface area contributed by atoms with Gasteiger partial charge in [0, 0.05) is 28.7 Å². The molecule has 4 rings (SSSR count). The number of rotatable bonds is 4. The van der Waals surface area contributed by atoms with E-state index in [1.807, 2.05) is 32.1 Å². The zero-order chi connectivity index (χ0) is 19.8. The van der Waals surface area contributed by atoms with Crippen LogP contribution in [0.3, 0.4) is 0 Å². The molecule has 1 aromatic heterocycles. The number of aromatic hydroxyl groups is 2. The van der Waals surface area contributed by atoms with Crippen LogP contribution in [0.5, 0.6) is 23.0 Å². The molecule has 0 fully saturated rings. The van der Waals surface area contributed by atoms with Crippen molar-refractivity contribution >= 4 is 11.0 Å². The van der Waals surface area contributed by atoms with Crippen LogP contribution in [0.15, 0.2) is 46.6 Å². The zero-order valence-corrected chi connectivity index (χ0v) is 16.3. The van der Waals surface area contributed by atoms with Gasteiger partial charge in [-0.05, 0) is 38.8 Å². The lowest BCUT2D eigenvalue weighted by Gasteiger charge is -2.28. The minimum atomic E-state index is -0.0446. The first-order valence-electron chi connectivity index (χ1n) is 9.36. The van der Waals surface area contributed by atoms with E-state index in [9.17, 15) is 10.2 Å². The highest BCUT2D eigenvalue weighted by atomic mass is 16.5. The summed E-state index contributed by atoms with van der Waals surface area (Å²) in [5.41, 5.74) is 4.14. The SMILES string of the molecule is COc1c2c(cc3occc13)OCC(c1ccc(O)c(CC=C(C)C)c1O)C2. The molecular weight excluding hydrogens is 356 g/mol. The molecule has 3 aromatic rings. The molecule has 28 heavy (non-hydrogen) atoms. The van der Waals surface area contributed by atoms with Crippen LogP contribution in [0.1, 0.15) is 36.5 Å². The summed E-state index contributed by atoms with van der Waals surface area (Å²) in [7, 11) is 1.64. The molecule has 5 nitrogen and oxygen atoms in total. The number of furan rings is 1. The lowest BCUT2D eigenvalue weighted by Crippen LogP contribution is -2.20. The second-order valence-electron chi connectivity index (χ2n) is 7.42. The Morgan fingerprint density at radius 3 is 2.82 bits per heavy atom. The molecule has 0 radical (unpaired) electrons. The number of fused-ring (bicyclic) bond motifs is 2. The van der Waals surface area contributed by atoms with Crippen molar-refractivity contribution in [2.75, 3.05) is 13.7 Å². The average molecular weight is 380 g/mol. The third-order valence-corrected chi connectivity index (χ3v) is 5.31. The summed E-state index contributed by atoms with van der Waals surface area (Å²) in [4.78, 5) is 0. The largest absolute Gasteiger partial charge is 0.508 e. The van der Waals surface area contributed by atoms with E-state index in [4.69, 9.17) is 13.9 Å². The fourth-order valence-electron chi connectivity index (χ4n) is 3.83. The van der Waals surface area contributed by atoms with Crippen molar-refractivity contribution < 1.29 is 24.1 Å². The molecule has 0 bridgehead atoms. The Labute approximate surface area is 163 Å². The Kier molecular flexibility index (Phi) is 4.67. The fraction of sp³-hybridized carbons (Fsp3) is 0.304. The van der Waals surface area contributed by atoms with Gasteiger partial charge in [0.25, 0.3) is 0 Å². The topological polar surface area (TPSA) is 72.1 Å². The molecule has 5 heteroatoms. The first-order chi connectivity index (χ1) is 13.5. The van der Waals surface area contributed by atoms with Gasteiger partial charge in [0.2, 0.25) is 0 Å². The van der Waals surface area contributed by atoms with Crippen LogP contribution in [0, 0.1) is 0 Å². The van der Waals surface area contributed by atoms with Gasteiger partial charge in [0.05, 0.1) is 25.4 Å². The normalized spacial score (nSPS) is 15.8. The molecule has 0 saturated heterocycles. The van der Waals surface area contributed by atoms with Gasteiger partial charge in [-0.2, -0.15) is 0 Å². The standard InChI is InChI=1S/C23H24O5/c1-13(2)4-5-16-19(24)7-6-15(22(16)25)14-10-18-21(28-12-14)11-20-17(8-9-27-20)23(18)26-3/h4,6-9,11,14,24-25H,5,10,12H2,1-3H3. The summed E-state index contributed by atoms with van der Waals surface area (Å²) in [6.45, 7) is 4.42. The Balaban J connectivity index is 1.73. The molecule has 0 spiro atoms. The van der Waals surface area contributed by atoms with Crippen molar-refractivity contribution in [3.8, 4) is 23.0 Å². The van der Waals surface area contributed by atoms with E-state index in [2.05, 4.69) is 0 Å². The molecule has 0 amide bonds. The van der Waals surface area contributed by atoms with Crippen molar-refractivity contribution in [2.24, 2.45) is 0 Å². The van der Waals surface area contributed by atoms with Gasteiger partial charge < -0.3 is 24.1 Å². The molecule has 2 aromatic carbocycles. The van der Waals surface area contributed by atoms with Crippen LogP contribution < -0.4 is 9.47 Å². The summed E-state index contributed by atoms with van der Waals surface area (Å²) in [6, 6.07) is 7.20. The van der Waals surface area contributed by atoms with E-state index >= 15 is 0 Å². The summed E-state index contributed by atoms with van der Waals surface area (Å²) < 4.78 is 17.2. The molecular formula is C23H24O5. The molecule has 1 aliphatic heterocycles. The first kappa shape index (κ1) is 18.3. The number of hydrogen-bond acceptors (Lipinski definition) is 5. The van der Waals surface area contributed by atoms with Crippen molar-refractivity contribution in [1.82, 2.24) is 0 Å². The van der Waals surface area contributed by atoms with Gasteiger partial charge in [0.15, 0.2) is 0 Å². The molecule has 146 valence electrons. The minimum absolute atomic E-state index is 0.0446. The second-order valence-corrected chi connectivity index (χ2v) is 7.42. The first-order valence-corrected chi connectivity index (χ1v) is 9.36. The van der Waals surface area contributed by atoms with Crippen LogP contribution in [0.2, 0.25) is 0 Å². The summed E-state index contributed by atoms with van der Waals surface area (Å²) in [5.74, 6) is 1.69. The predicted molar refractivity (Wildman–Crippen MR) is 108 cm³/mol. The van der Waals surface area contributed by atoms with E-state index in [0.29, 0.717) is 25.0 Å². The van der Waals surface area contributed by atoms with Crippen LogP contribution in [-0.2, 0) is 12.8 Å². The molecule has 2 N–H and O–H groups in total. The van der Waals surface area contributed by atoms with Crippen molar-refractivity contribution in [2.45, 2.75) is 32.6 Å². The number of methoxy groups -OCH3 is 1. The molecule has 1 atom stereocenters. The van der Waals surface area contributed by atoms with E-state index in [-0.39, 0.29) is 17.4 Å². The minimum Gasteiger partial charge on any atom is -0.508 e. The fourth-order valence-corrected chi connectivity index (χ4v) is 3.83. The van der Waals surface area contributed by atoms with Crippen LogP contribution in [0.4, 0.5) is 0 Å². The predicted octanol–water partition coefficient (Wildman–Crippen LogP) is 5.08. The van der Waals surface area contributed by atoms with Crippen LogP contribution >= 0.6 is 0 Å². The van der Waals surface area contributed by atoms with Crippen molar-refractivity contribution in [3.05, 3.63) is 58.9 Å². The van der Waals surface area contributed by atoms with Crippen molar-refractivity contribution in [1.29, 1.82) is 0 Å².